The monoisotopic (exact) mass is 465 g/mol. The van der Waals surface area contributed by atoms with E-state index in [0.29, 0.717) is 42.6 Å². The van der Waals surface area contributed by atoms with Gasteiger partial charge in [-0.3, -0.25) is 14.4 Å². The molecule has 10 heteroatoms. The van der Waals surface area contributed by atoms with Crippen molar-refractivity contribution < 1.29 is 23.9 Å². The molecule has 3 amide bonds. The van der Waals surface area contributed by atoms with Crippen molar-refractivity contribution >= 4 is 34.9 Å². The van der Waals surface area contributed by atoms with Crippen LogP contribution < -0.4 is 30.3 Å². The molecule has 1 aromatic carbocycles. The number of anilines is 3. The third-order valence-corrected chi connectivity index (χ3v) is 6.50. The molecule has 2 unspecified atom stereocenters. The van der Waals surface area contributed by atoms with E-state index in [1.54, 1.807) is 35.4 Å². The van der Waals surface area contributed by atoms with Crippen LogP contribution in [0.25, 0.3) is 0 Å². The molecular formula is C24H27N5O5. The smallest absolute Gasteiger partial charge is 0.229 e. The number of piperidine rings is 1. The summed E-state index contributed by atoms with van der Waals surface area (Å²) in [7, 11) is 0. The Kier molecular flexibility index (Phi) is 5.95. The fraction of sp³-hybridized carbons (Fsp3) is 0.417. The molecule has 0 aliphatic carbocycles. The van der Waals surface area contributed by atoms with E-state index in [1.807, 2.05) is 11.0 Å². The predicted molar refractivity (Wildman–Crippen MR) is 125 cm³/mol. The Labute approximate surface area is 197 Å². The average Bonchev–Trinajstić information content (AvgIpc) is 3.26. The molecule has 34 heavy (non-hydrogen) atoms. The molecule has 1 aromatic heterocycles. The summed E-state index contributed by atoms with van der Waals surface area (Å²) in [5, 5.41) is 2.87. The van der Waals surface area contributed by atoms with Crippen LogP contribution in [0.5, 0.6) is 11.5 Å². The van der Waals surface area contributed by atoms with Gasteiger partial charge in [-0.25, -0.2) is 4.98 Å². The van der Waals surface area contributed by atoms with Gasteiger partial charge in [-0.1, -0.05) is 0 Å². The number of aromatic nitrogens is 1. The second kappa shape index (κ2) is 9.20. The van der Waals surface area contributed by atoms with Crippen LogP contribution in [0, 0.1) is 11.8 Å². The molecule has 0 radical (unpaired) electrons. The van der Waals surface area contributed by atoms with Crippen molar-refractivity contribution in [1.82, 2.24) is 4.98 Å². The molecule has 2 saturated heterocycles. The number of amides is 3. The zero-order valence-electron chi connectivity index (χ0n) is 18.7. The first kappa shape index (κ1) is 22.0. The van der Waals surface area contributed by atoms with Gasteiger partial charge in [-0.15, -0.1) is 0 Å². The Morgan fingerprint density at radius 2 is 1.88 bits per heavy atom. The summed E-state index contributed by atoms with van der Waals surface area (Å²) in [4.78, 5) is 45.1. The molecule has 178 valence electrons. The van der Waals surface area contributed by atoms with E-state index in [2.05, 4.69) is 10.3 Å². The lowest BCUT2D eigenvalue weighted by molar-refractivity contribution is -0.122. The lowest BCUT2D eigenvalue weighted by Gasteiger charge is -2.32. The fourth-order valence-electron chi connectivity index (χ4n) is 4.64. The minimum absolute atomic E-state index is 0.112. The van der Waals surface area contributed by atoms with Crippen molar-refractivity contribution in [1.29, 1.82) is 0 Å². The number of pyridine rings is 1. The lowest BCUT2D eigenvalue weighted by atomic mass is 9.97. The third-order valence-electron chi connectivity index (χ3n) is 6.50. The zero-order chi connectivity index (χ0) is 23.7. The van der Waals surface area contributed by atoms with E-state index in [4.69, 9.17) is 15.2 Å². The molecule has 0 saturated carbocycles. The van der Waals surface area contributed by atoms with Gasteiger partial charge in [0.25, 0.3) is 0 Å². The van der Waals surface area contributed by atoms with Gasteiger partial charge in [0.2, 0.25) is 17.7 Å². The summed E-state index contributed by atoms with van der Waals surface area (Å²) in [6, 6.07) is 8.96. The van der Waals surface area contributed by atoms with Gasteiger partial charge in [0.05, 0.1) is 23.7 Å². The highest BCUT2D eigenvalue weighted by Crippen LogP contribution is 2.36. The maximum absolute atomic E-state index is 12.9. The Morgan fingerprint density at radius 3 is 2.65 bits per heavy atom. The number of benzene rings is 1. The summed E-state index contributed by atoms with van der Waals surface area (Å²) in [5.41, 5.74) is 6.70. The molecule has 0 bridgehead atoms. The van der Waals surface area contributed by atoms with Gasteiger partial charge >= 0.3 is 0 Å². The Bertz CT molecular complexity index is 1110. The number of nitrogens with one attached hydrogen (secondary N) is 1. The Hall–Kier alpha value is -3.82. The zero-order valence-corrected chi connectivity index (χ0v) is 18.7. The largest absolute Gasteiger partial charge is 0.486 e. The van der Waals surface area contributed by atoms with Crippen LogP contribution in [-0.4, -0.2) is 55.6 Å². The van der Waals surface area contributed by atoms with Gasteiger partial charge < -0.3 is 30.3 Å². The van der Waals surface area contributed by atoms with Crippen molar-refractivity contribution in [2.45, 2.75) is 19.3 Å². The number of primary amides is 1. The highest BCUT2D eigenvalue weighted by atomic mass is 16.6. The van der Waals surface area contributed by atoms with Gasteiger partial charge in [0.1, 0.15) is 19.0 Å². The highest BCUT2D eigenvalue weighted by molar-refractivity contribution is 6.03. The fourth-order valence-corrected chi connectivity index (χ4v) is 4.64. The SMILES string of the molecule is NC(=O)C1CCCN(c2ccc(NC(=O)C3CC(=O)N(c4ccc5c(c4)OCCO5)C3)cn2)C1. The molecule has 2 fully saturated rings. The number of fused-ring (bicyclic) bond motifs is 1. The van der Waals surface area contributed by atoms with Crippen LogP contribution in [0.4, 0.5) is 17.2 Å². The molecule has 4 heterocycles. The summed E-state index contributed by atoms with van der Waals surface area (Å²) < 4.78 is 11.1. The Balaban J connectivity index is 1.20. The highest BCUT2D eigenvalue weighted by Gasteiger charge is 2.35. The number of hydrogen-bond acceptors (Lipinski definition) is 7. The van der Waals surface area contributed by atoms with Gasteiger partial charge in [0, 0.05) is 37.8 Å². The first-order chi connectivity index (χ1) is 16.5. The predicted octanol–water partition coefficient (Wildman–Crippen LogP) is 1.55. The molecule has 0 spiro atoms. The van der Waals surface area contributed by atoms with Crippen LogP contribution in [0.2, 0.25) is 0 Å². The van der Waals surface area contributed by atoms with Crippen molar-refractivity contribution in [3.63, 3.8) is 0 Å². The maximum Gasteiger partial charge on any atom is 0.229 e. The summed E-state index contributed by atoms with van der Waals surface area (Å²) in [6.07, 6.45) is 3.40. The molecule has 10 nitrogen and oxygen atoms in total. The average molecular weight is 466 g/mol. The van der Waals surface area contributed by atoms with Crippen molar-refractivity contribution in [2.24, 2.45) is 17.6 Å². The molecule has 2 atom stereocenters. The third kappa shape index (κ3) is 4.48. The van der Waals surface area contributed by atoms with E-state index >= 15 is 0 Å². The first-order valence-electron chi connectivity index (χ1n) is 11.5. The number of hydrogen-bond donors (Lipinski definition) is 2. The van der Waals surface area contributed by atoms with E-state index in [1.165, 1.54) is 0 Å². The second-order valence-electron chi connectivity index (χ2n) is 8.82. The van der Waals surface area contributed by atoms with Crippen LogP contribution in [0.1, 0.15) is 19.3 Å². The van der Waals surface area contributed by atoms with Crippen molar-refractivity contribution in [3.05, 3.63) is 36.5 Å². The van der Waals surface area contributed by atoms with Crippen molar-refractivity contribution in [2.75, 3.05) is 48.0 Å². The summed E-state index contributed by atoms with van der Waals surface area (Å²) in [6.45, 7) is 2.61. The van der Waals surface area contributed by atoms with Crippen LogP contribution in [-0.2, 0) is 14.4 Å². The standard InChI is InChI=1S/C24H27N5O5/c25-23(31)15-2-1-7-28(13-15)21-6-3-17(12-26-21)27-24(32)16-10-22(30)29(14-16)18-4-5-19-20(11-18)34-9-8-33-19/h3-6,11-12,15-16H,1-2,7-10,13-14H2,(H2,25,31)(H,27,32). The number of carbonyl (C=O) groups excluding carboxylic acids is 3. The van der Waals surface area contributed by atoms with Crippen LogP contribution >= 0.6 is 0 Å². The van der Waals surface area contributed by atoms with Gasteiger partial charge in [0.15, 0.2) is 11.5 Å². The number of nitrogens with two attached hydrogens (primary N) is 1. The van der Waals surface area contributed by atoms with E-state index < -0.39 is 5.92 Å². The van der Waals surface area contributed by atoms with E-state index in [0.717, 1.165) is 25.2 Å². The first-order valence-corrected chi connectivity index (χ1v) is 11.5. The van der Waals surface area contributed by atoms with Crippen LogP contribution in [0.3, 0.4) is 0 Å². The molecule has 3 N–H and O–H groups in total. The Morgan fingerprint density at radius 1 is 1.06 bits per heavy atom. The minimum Gasteiger partial charge on any atom is -0.486 e. The normalized spacial score (nSPS) is 21.9. The molecular weight excluding hydrogens is 438 g/mol. The van der Waals surface area contributed by atoms with E-state index in [-0.39, 0.29) is 36.6 Å². The second-order valence-corrected chi connectivity index (χ2v) is 8.82. The van der Waals surface area contributed by atoms with Crippen molar-refractivity contribution in [3.8, 4) is 11.5 Å². The number of carbonyl (C=O) groups is 3. The number of ether oxygens (including phenoxy) is 2. The lowest BCUT2D eigenvalue weighted by Crippen LogP contribution is -2.41. The topological polar surface area (TPSA) is 127 Å². The molecule has 3 aliphatic heterocycles. The minimum atomic E-state index is -0.473. The molecule has 5 rings (SSSR count). The molecule has 3 aliphatic rings. The number of rotatable bonds is 5. The summed E-state index contributed by atoms with van der Waals surface area (Å²) in [5.74, 6) is 0.725. The quantitative estimate of drug-likeness (QED) is 0.686. The van der Waals surface area contributed by atoms with Gasteiger partial charge in [-0.2, -0.15) is 0 Å². The van der Waals surface area contributed by atoms with Gasteiger partial charge in [-0.05, 0) is 37.1 Å². The summed E-state index contributed by atoms with van der Waals surface area (Å²) >= 11 is 0. The van der Waals surface area contributed by atoms with E-state index in [9.17, 15) is 14.4 Å². The maximum atomic E-state index is 12.9. The van der Waals surface area contributed by atoms with Crippen LogP contribution in [0.15, 0.2) is 36.5 Å². The number of nitrogens with zero attached hydrogens (tertiary/aromatic N) is 3. The molecule has 2 aromatic rings.